The lowest BCUT2D eigenvalue weighted by Crippen LogP contribution is -2.37. The first-order chi connectivity index (χ1) is 18.8. The minimum Gasteiger partial charge on any atom is -0.388 e. The topological polar surface area (TPSA) is 113 Å². The van der Waals surface area contributed by atoms with Gasteiger partial charge in [0.25, 0.3) is 5.91 Å². The Kier molecular flexibility index (Phi) is 7.85. The number of hydrogen-bond donors (Lipinski definition) is 2. The molecule has 3 aromatic heterocycles. The fourth-order valence-corrected chi connectivity index (χ4v) is 5.92. The first kappa shape index (κ1) is 26.7. The molecule has 2 N–H and O–H groups in total. The Morgan fingerprint density at radius 1 is 1.26 bits per heavy atom. The molecule has 2 atom stereocenters. The molecule has 5 rings (SSSR count). The van der Waals surface area contributed by atoms with E-state index in [0.29, 0.717) is 47.5 Å². The number of imidazole rings is 1. The molecule has 0 aliphatic carbocycles. The van der Waals surface area contributed by atoms with E-state index < -0.39 is 6.10 Å². The summed E-state index contributed by atoms with van der Waals surface area (Å²) in [7, 11) is 0. The predicted octanol–water partition coefficient (Wildman–Crippen LogP) is 5.06. The van der Waals surface area contributed by atoms with Crippen molar-refractivity contribution in [2.45, 2.75) is 51.8 Å². The number of benzene rings is 1. The Bertz CT molecular complexity index is 1500. The van der Waals surface area contributed by atoms with Crippen LogP contribution in [0.3, 0.4) is 0 Å². The number of aliphatic hydroxyl groups excluding tert-OH is 1. The number of likely N-dealkylation sites (tertiary alicyclic amines) is 1. The maximum absolute atomic E-state index is 13.3. The van der Waals surface area contributed by atoms with Crippen LogP contribution >= 0.6 is 11.3 Å². The first-order valence-corrected chi connectivity index (χ1v) is 14.0. The van der Waals surface area contributed by atoms with Crippen LogP contribution in [0.2, 0.25) is 0 Å². The van der Waals surface area contributed by atoms with E-state index in [4.69, 9.17) is 4.98 Å². The van der Waals surface area contributed by atoms with Crippen molar-refractivity contribution in [2.24, 2.45) is 5.92 Å². The number of aliphatic hydroxyl groups is 1. The van der Waals surface area contributed by atoms with Crippen LogP contribution in [0.5, 0.6) is 0 Å². The molecule has 1 saturated heterocycles. The Morgan fingerprint density at radius 3 is 2.85 bits per heavy atom. The van der Waals surface area contributed by atoms with Crippen LogP contribution in [0.4, 0.5) is 5.95 Å². The molecule has 4 aromatic rings. The molecule has 39 heavy (non-hydrogen) atoms. The fraction of sp³-hybridized carbons (Fsp3) is 0.345. The summed E-state index contributed by atoms with van der Waals surface area (Å²) < 4.78 is 1.96. The lowest BCUT2D eigenvalue weighted by atomic mass is 9.99. The maximum atomic E-state index is 13.3. The highest BCUT2D eigenvalue weighted by molar-refractivity contribution is 7.17. The van der Waals surface area contributed by atoms with Gasteiger partial charge >= 0.3 is 0 Å². The molecule has 9 nitrogen and oxygen atoms in total. The van der Waals surface area contributed by atoms with E-state index in [-0.39, 0.29) is 17.9 Å². The van der Waals surface area contributed by atoms with E-state index in [1.165, 1.54) is 17.4 Å². The number of hydrogen-bond acceptors (Lipinski definition) is 7. The summed E-state index contributed by atoms with van der Waals surface area (Å²) in [5.74, 6) is 0.369. The summed E-state index contributed by atoms with van der Waals surface area (Å²) in [6, 6.07) is 13.0. The molecule has 0 spiro atoms. The van der Waals surface area contributed by atoms with Crippen molar-refractivity contribution in [1.82, 2.24) is 24.6 Å². The van der Waals surface area contributed by atoms with E-state index >= 15 is 0 Å². The lowest BCUT2D eigenvalue weighted by molar-refractivity contribution is -0.126. The number of thiophene rings is 1. The largest absolute Gasteiger partial charge is 0.388 e. The predicted molar refractivity (Wildman–Crippen MR) is 152 cm³/mol. The number of anilines is 1. The number of nitrogens with zero attached hydrogens (tertiary/aromatic N) is 5. The van der Waals surface area contributed by atoms with Gasteiger partial charge in [-0.05, 0) is 73.2 Å². The van der Waals surface area contributed by atoms with Crippen LogP contribution in [-0.4, -0.2) is 54.2 Å². The van der Waals surface area contributed by atoms with Crippen LogP contribution < -0.4 is 5.32 Å². The summed E-state index contributed by atoms with van der Waals surface area (Å²) in [4.78, 5) is 33.8. The van der Waals surface area contributed by atoms with Gasteiger partial charge in [0.15, 0.2) is 0 Å². The average molecular weight is 545 g/mol. The minimum atomic E-state index is -0.598. The Balaban J connectivity index is 1.47. The number of nitrogens with one attached hydrogen (secondary N) is 1. The molecule has 1 aliphatic heterocycles. The molecule has 2 unspecified atom stereocenters. The van der Waals surface area contributed by atoms with Gasteiger partial charge in [-0.2, -0.15) is 5.10 Å². The molecule has 0 radical (unpaired) electrons. The lowest BCUT2D eigenvalue weighted by Gasteiger charge is -2.25. The van der Waals surface area contributed by atoms with Gasteiger partial charge in [-0.15, -0.1) is 16.4 Å². The number of aromatic nitrogens is 4. The van der Waals surface area contributed by atoms with Gasteiger partial charge in [0.1, 0.15) is 5.69 Å². The van der Waals surface area contributed by atoms with Crippen molar-refractivity contribution in [3.05, 3.63) is 71.8 Å². The van der Waals surface area contributed by atoms with Crippen molar-refractivity contribution in [1.29, 1.82) is 0 Å². The molecular weight excluding hydrogens is 512 g/mol. The van der Waals surface area contributed by atoms with Gasteiger partial charge in [0.2, 0.25) is 11.9 Å². The van der Waals surface area contributed by atoms with E-state index in [1.54, 1.807) is 18.3 Å². The van der Waals surface area contributed by atoms with Gasteiger partial charge in [-0.25, -0.2) is 4.98 Å². The van der Waals surface area contributed by atoms with Gasteiger partial charge < -0.3 is 14.6 Å². The molecule has 10 heteroatoms. The highest BCUT2D eigenvalue weighted by atomic mass is 32.1. The molecule has 0 bridgehead atoms. The number of carbonyl (C=O) groups excluding carboxylic acids is 2. The highest BCUT2D eigenvalue weighted by Crippen LogP contribution is 2.31. The zero-order valence-corrected chi connectivity index (χ0v) is 22.9. The molecule has 1 aromatic carbocycles. The zero-order valence-electron chi connectivity index (χ0n) is 22.1. The van der Waals surface area contributed by atoms with Crippen molar-refractivity contribution in [3.8, 4) is 10.6 Å². The van der Waals surface area contributed by atoms with Crippen LogP contribution in [-0.2, 0) is 11.3 Å². The number of amides is 2. The normalized spacial score (nSPS) is 16.1. The van der Waals surface area contributed by atoms with Crippen molar-refractivity contribution >= 4 is 40.1 Å². The highest BCUT2D eigenvalue weighted by Gasteiger charge is 2.29. The van der Waals surface area contributed by atoms with Crippen LogP contribution in [0.25, 0.3) is 21.6 Å². The molecule has 4 heterocycles. The van der Waals surface area contributed by atoms with Gasteiger partial charge in [-0.3, -0.25) is 14.9 Å². The summed E-state index contributed by atoms with van der Waals surface area (Å²) >= 11 is 1.33. The van der Waals surface area contributed by atoms with Crippen LogP contribution in [0, 0.1) is 5.92 Å². The van der Waals surface area contributed by atoms with Gasteiger partial charge in [0, 0.05) is 19.3 Å². The van der Waals surface area contributed by atoms with Crippen molar-refractivity contribution in [3.63, 3.8) is 0 Å². The third kappa shape index (κ3) is 5.76. The van der Waals surface area contributed by atoms with E-state index in [0.717, 1.165) is 28.8 Å². The number of rotatable bonds is 9. The Labute approximate surface area is 231 Å². The fourth-order valence-electron chi connectivity index (χ4n) is 5.05. The summed E-state index contributed by atoms with van der Waals surface area (Å²) in [5, 5.41) is 21.7. The zero-order chi connectivity index (χ0) is 27.5. The molecule has 2 amide bonds. The molecular formula is C29H32N6O3S. The van der Waals surface area contributed by atoms with Crippen molar-refractivity contribution in [2.75, 3.05) is 11.9 Å². The number of carbonyl (C=O) groups is 2. The molecule has 1 fully saturated rings. The average Bonchev–Trinajstić information content (AvgIpc) is 3.68. The van der Waals surface area contributed by atoms with Crippen molar-refractivity contribution < 1.29 is 14.7 Å². The summed E-state index contributed by atoms with van der Waals surface area (Å²) in [6.07, 6.45) is 4.76. The smallest absolute Gasteiger partial charge is 0.268 e. The maximum Gasteiger partial charge on any atom is 0.268 e. The monoisotopic (exact) mass is 544 g/mol. The molecule has 1 aliphatic rings. The SMILES string of the molecule is C=CC(=O)N1CCCC1Cn1c(NC(=O)c2ccc(-c3cccnn3)s2)nc2cc(C(O)CC(C)C)ccc21. The van der Waals surface area contributed by atoms with Gasteiger partial charge in [0.05, 0.1) is 32.9 Å². The summed E-state index contributed by atoms with van der Waals surface area (Å²) in [6.45, 7) is 8.95. The van der Waals surface area contributed by atoms with Crippen LogP contribution in [0.15, 0.2) is 61.3 Å². The number of fused-ring (bicyclic) bond motifs is 1. The van der Waals surface area contributed by atoms with E-state index in [1.807, 2.05) is 39.8 Å². The van der Waals surface area contributed by atoms with E-state index in [9.17, 15) is 14.7 Å². The quantitative estimate of drug-likeness (QED) is 0.285. The summed E-state index contributed by atoms with van der Waals surface area (Å²) in [5.41, 5.74) is 3.00. The van der Waals surface area contributed by atoms with Gasteiger partial charge in [-0.1, -0.05) is 26.5 Å². The standard InChI is InChI=1S/C29H32N6O3S/c1-4-27(37)34-14-6-7-20(34)17-35-23-10-9-19(24(36)15-18(2)3)16-22(23)31-29(35)32-28(38)26-12-11-25(39-26)21-8-5-13-30-33-21/h4-5,8-13,16,18,20,24,36H,1,6-7,14-15,17H2,2-3H3,(H,31,32,38). The molecule has 0 saturated carbocycles. The Morgan fingerprint density at radius 2 is 2.10 bits per heavy atom. The first-order valence-electron chi connectivity index (χ1n) is 13.1. The Hall–Kier alpha value is -3.89. The second kappa shape index (κ2) is 11.5. The van der Waals surface area contributed by atoms with E-state index in [2.05, 4.69) is 35.9 Å². The second-order valence-corrected chi connectivity index (χ2v) is 11.3. The van der Waals surface area contributed by atoms with Crippen LogP contribution in [0.1, 0.15) is 54.4 Å². The minimum absolute atomic E-state index is 0.0419. The third-order valence-corrected chi connectivity index (χ3v) is 8.07. The second-order valence-electron chi connectivity index (χ2n) is 10.2. The molecule has 202 valence electrons. The third-order valence-electron chi connectivity index (χ3n) is 6.96.